The Bertz CT molecular complexity index is 799. The fraction of sp³-hybridized carbons (Fsp3) is 0.333. The summed E-state index contributed by atoms with van der Waals surface area (Å²) in [5.74, 6) is -0.670. The summed E-state index contributed by atoms with van der Waals surface area (Å²) in [6, 6.07) is 12.9. The van der Waals surface area contributed by atoms with Crippen LogP contribution in [0, 0.1) is 5.82 Å². The summed E-state index contributed by atoms with van der Waals surface area (Å²) >= 11 is 0. The van der Waals surface area contributed by atoms with Crippen molar-refractivity contribution >= 4 is 11.9 Å². The van der Waals surface area contributed by atoms with Gasteiger partial charge in [-0.1, -0.05) is 30.3 Å². The van der Waals surface area contributed by atoms with Gasteiger partial charge in [-0.15, -0.1) is 0 Å². The number of quaternary nitrogens is 1. The number of amides is 3. The first-order valence-corrected chi connectivity index (χ1v) is 9.30. The van der Waals surface area contributed by atoms with E-state index >= 15 is 0 Å². The predicted octanol–water partition coefficient (Wildman–Crippen LogP) is 1.83. The van der Waals surface area contributed by atoms with Gasteiger partial charge in [-0.2, -0.15) is 0 Å². The van der Waals surface area contributed by atoms with Crippen LogP contribution in [0.4, 0.5) is 9.18 Å². The number of hydrogen-bond acceptors (Lipinski definition) is 3. The molecule has 3 amide bonds. The molecule has 0 saturated heterocycles. The van der Waals surface area contributed by atoms with Gasteiger partial charge in [0.05, 0.1) is 13.7 Å². The average molecular weight is 388 g/mol. The van der Waals surface area contributed by atoms with E-state index in [2.05, 4.69) is 10.6 Å². The second-order valence-corrected chi connectivity index (χ2v) is 6.35. The van der Waals surface area contributed by atoms with Crippen LogP contribution in [-0.4, -0.2) is 32.1 Å². The molecule has 6 nitrogen and oxygen atoms in total. The molecule has 0 aliphatic heterocycles. The molecule has 0 radical (unpaired) electrons. The lowest BCUT2D eigenvalue weighted by molar-refractivity contribution is -0.933. The molecule has 0 saturated carbocycles. The van der Waals surface area contributed by atoms with Crippen molar-refractivity contribution in [3.05, 3.63) is 65.5 Å². The number of nitrogens with one attached hydrogen (secondary N) is 3. The zero-order valence-corrected chi connectivity index (χ0v) is 16.4. The molecule has 2 aromatic rings. The van der Waals surface area contributed by atoms with Crippen molar-refractivity contribution in [1.82, 2.24) is 10.6 Å². The van der Waals surface area contributed by atoms with Crippen molar-refractivity contribution in [2.24, 2.45) is 0 Å². The van der Waals surface area contributed by atoms with E-state index in [0.29, 0.717) is 19.6 Å². The van der Waals surface area contributed by atoms with Gasteiger partial charge in [-0.3, -0.25) is 10.1 Å². The van der Waals surface area contributed by atoms with E-state index < -0.39 is 23.8 Å². The van der Waals surface area contributed by atoms with Crippen LogP contribution in [0.15, 0.2) is 48.5 Å². The number of benzene rings is 2. The molecule has 2 aromatic carbocycles. The minimum absolute atomic E-state index is 0.176. The largest absolute Gasteiger partial charge is 0.494 e. The minimum Gasteiger partial charge on any atom is -0.494 e. The highest BCUT2D eigenvalue weighted by atomic mass is 19.1. The molecule has 0 spiro atoms. The molecule has 150 valence electrons. The Morgan fingerprint density at radius 1 is 1.14 bits per heavy atom. The van der Waals surface area contributed by atoms with Gasteiger partial charge in [0, 0.05) is 17.7 Å². The van der Waals surface area contributed by atoms with Crippen LogP contribution in [0.3, 0.4) is 0 Å². The van der Waals surface area contributed by atoms with Crippen molar-refractivity contribution in [2.45, 2.75) is 26.4 Å². The normalized spacial score (nSPS) is 12.7. The third-order valence-corrected chi connectivity index (χ3v) is 4.48. The van der Waals surface area contributed by atoms with E-state index in [0.717, 1.165) is 16.0 Å². The number of rotatable bonds is 8. The monoisotopic (exact) mass is 388 g/mol. The Morgan fingerprint density at radius 2 is 1.86 bits per heavy atom. The molecule has 0 bridgehead atoms. The molecule has 2 atom stereocenters. The van der Waals surface area contributed by atoms with Gasteiger partial charge in [0.15, 0.2) is 17.6 Å². The molecular formula is C21H27FN3O3+. The summed E-state index contributed by atoms with van der Waals surface area (Å²) in [4.78, 5) is 25.6. The van der Waals surface area contributed by atoms with Gasteiger partial charge in [0.25, 0.3) is 5.91 Å². The summed E-state index contributed by atoms with van der Waals surface area (Å²) in [5.41, 5.74) is 1.53. The molecule has 3 N–H and O–H groups in total. The summed E-state index contributed by atoms with van der Waals surface area (Å²) in [6.07, 6.45) is 0. The van der Waals surface area contributed by atoms with Crippen LogP contribution < -0.4 is 20.3 Å². The summed E-state index contributed by atoms with van der Waals surface area (Å²) in [6.45, 7) is 5.17. The predicted molar refractivity (Wildman–Crippen MR) is 105 cm³/mol. The lowest BCUT2D eigenvalue weighted by Gasteiger charge is -2.27. The molecule has 1 unspecified atom stereocenters. The van der Waals surface area contributed by atoms with E-state index in [-0.39, 0.29) is 5.75 Å². The van der Waals surface area contributed by atoms with Gasteiger partial charge < -0.3 is 15.0 Å². The van der Waals surface area contributed by atoms with Crippen LogP contribution >= 0.6 is 0 Å². The van der Waals surface area contributed by atoms with Crippen molar-refractivity contribution in [2.75, 3.05) is 20.2 Å². The number of imide groups is 1. The smallest absolute Gasteiger partial charge is 0.321 e. The maximum atomic E-state index is 14.1. The summed E-state index contributed by atoms with van der Waals surface area (Å²) in [5, 5.41) is 4.97. The van der Waals surface area contributed by atoms with Crippen LogP contribution in [-0.2, 0) is 11.3 Å². The molecule has 0 aliphatic carbocycles. The molecule has 0 fully saturated rings. The minimum atomic E-state index is -0.612. The zero-order valence-electron chi connectivity index (χ0n) is 16.4. The van der Waals surface area contributed by atoms with Crippen LogP contribution in [0.1, 0.15) is 31.0 Å². The third-order valence-electron chi connectivity index (χ3n) is 4.48. The second kappa shape index (κ2) is 10.4. The number of ether oxygens (including phenoxy) is 1. The van der Waals surface area contributed by atoms with Crippen molar-refractivity contribution in [3.8, 4) is 5.75 Å². The van der Waals surface area contributed by atoms with Crippen LogP contribution in [0.25, 0.3) is 0 Å². The number of likely N-dealkylation sites (N-methyl/N-ethyl adjacent to an activating group) is 1. The third kappa shape index (κ3) is 5.53. The van der Waals surface area contributed by atoms with E-state index in [1.54, 1.807) is 19.1 Å². The number of urea groups is 1. The summed E-state index contributed by atoms with van der Waals surface area (Å²) < 4.78 is 19.0. The van der Waals surface area contributed by atoms with Gasteiger partial charge >= 0.3 is 6.03 Å². The standard InChI is InChI=1S/C21H26FN3O3/c1-4-23-21(27)24-20(26)19(16-9-7-6-8-10-16)25(5-2)14-15-11-12-18(28-3)17(22)13-15/h6-13,19H,4-5,14H2,1-3H3,(H2,23,24,26,27)/p+1/t19-/m0/s1. The van der Waals surface area contributed by atoms with E-state index in [9.17, 15) is 14.0 Å². The first kappa shape index (κ1) is 21.4. The molecule has 2 rings (SSSR count). The molecule has 0 aromatic heterocycles. The fourth-order valence-electron chi connectivity index (χ4n) is 3.12. The average Bonchev–Trinajstić information content (AvgIpc) is 2.68. The quantitative estimate of drug-likeness (QED) is 0.646. The number of carbonyl (C=O) groups excluding carboxylic acids is 2. The first-order valence-electron chi connectivity index (χ1n) is 9.30. The van der Waals surface area contributed by atoms with Crippen LogP contribution in [0.2, 0.25) is 0 Å². The van der Waals surface area contributed by atoms with Crippen LogP contribution in [0.5, 0.6) is 5.75 Å². The number of hydrogen-bond donors (Lipinski definition) is 3. The Hall–Kier alpha value is -2.93. The molecule has 0 aliphatic rings. The second-order valence-electron chi connectivity index (χ2n) is 6.35. The van der Waals surface area contributed by atoms with Crippen molar-refractivity contribution < 1.29 is 23.6 Å². The molecule has 7 heteroatoms. The topological polar surface area (TPSA) is 71.9 Å². The highest BCUT2D eigenvalue weighted by Crippen LogP contribution is 2.18. The van der Waals surface area contributed by atoms with E-state index in [1.807, 2.05) is 37.3 Å². The highest BCUT2D eigenvalue weighted by molar-refractivity contribution is 5.96. The maximum absolute atomic E-state index is 14.1. The Kier molecular flexibility index (Phi) is 7.95. The first-order chi connectivity index (χ1) is 13.5. The Balaban J connectivity index is 2.30. The number of methoxy groups -OCH3 is 1. The highest BCUT2D eigenvalue weighted by Gasteiger charge is 2.32. The van der Waals surface area contributed by atoms with Crippen molar-refractivity contribution in [3.63, 3.8) is 0 Å². The van der Waals surface area contributed by atoms with Gasteiger partial charge in [-0.05, 0) is 32.0 Å². The number of halogens is 1. The SMILES string of the molecule is CCNC(=O)NC(=O)[C@H](c1ccccc1)[NH+](CC)Cc1ccc(OC)c(F)c1. The molecular weight excluding hydrogens is 361 g/mol. The lowest BCUT2D eigenvalue weighted by atomic mass is 10.0. The molecule has 0 heterocycles. The van der Waals surface area contributed by atoms with Gasteiger partial charge in [0.2, 0.25) is 0 Å². The molecule has 28 heavy (non-hydrogen) atoms. The maximum Gasteiger partial charge on any atom is 0.321 e. The number of carbonyl (C=O) groups is 2. The van der Waals surface area contributed by atoms with Gasteiger partial charge in [0.1, 0.15) is 6.54 Å². The van der Waals surface area contributed by atoms with E-state index in [1.165, 1.54) is 13.2 Å². The Labute approximate surface area is 164 Å². The van der Waals surface area contributed by atoms with Crippen molar-refractivity contribution in [1.29, 1.82) is 0 Å². The zero-order chi connectivity index (χ0) is 20.5. The fourth-order valence-corrected chi connectivity index (χ4v) is 3.12. The van der Waals surface area contributed by atoms with Gasteiger partial charge in [-0.25, -0.2) is 9.18 Å². The summed E-state index contributed by atoms with van der Waals surface area (Å²) in [7, 11) is 1.42. The lowest BCUT2D eigenvalue weighted by Crippen LogP contribution is -3.12. The Morgan fingerprint density at radius 3 is 2.43 bits per heavy atom. The van der Waals surface area contributed by atoms with E-state index in [4.69, 9.17) is 4.74 Å².